The summed E-state index contributed by atoms with van der Waals surface area (Å²) < 4.78 is 1.59. The number of amides is 6. The molecule has 0 aliphatic carbocycles. The lowest BCUT2D eigenvalue weighted by atomic mass is 10.1. The number of aromatic nitrogens is 4. The van der Waals surface area contributed by atoms with Gasteiger partial charge in [-0.25, -0.2) is 29.5 Å². The van der Waals surface area contributed by atoms with Crippen LogP contribution < -0.4 is 27.0 Å². The normalized spacial score (nSPS) is 10.2. The Kier molecular flexibility index (Phi) is 14.6. The number of halogens is 2. The molecular weight excluding hydrogens is 892 g/mol. The molecule has 0 spiro atoms. The van der Waals surface area contributed by atoms with Gasteiger partial charge >= 0.3 is 12.1 Å². The van der Waals surface area contributed by atoms with Crippen molar-refractivity contribution >= 4 is 102 Å². The second-order valence-electron chi connectivity index (χ2n) is 10.8. The molecule has 0 aliphatic heterocycles. The van der Waals surface area contributed by atoms with Crippen molar-refractivity contribution in [2.75, 3.05) is 16.4 Å². The summed E-state index contributed by atoms with van der Waals surface area (Å²) in [5.74, 6) is -1.43. The van der Waals surface area contributed by atoms with E-state index in [9.17, 15) is 29.3 Å². The van der Waals surface area contributed by atoms with Crippen LogP contribution in [0.2, 0.25) is 0 Å². The van der Waals surface area contributed by atoms with Gasteiger partial charge in [0.15, 0.2) is 10.3 Å². The Morgan fingerprint density at radius 1 is 0.589 bits per heavy atom. The molecular formula is C36H26Br2N10O6S2. The molecule has 0 atom stereocenters. The fraction of sp³-hybridized carbons (Fsp3) is 0. The van der Waals surface area contributed by atoms with E-state index in [1.165, 1.54) is 47.8 Å². The average molecular weight is 919 g/mol. The van der Waals surface area contributed by atoms with E-state index >= 15 is 0 Å². The number of imide groups is 2. The van der Waals surface area contributed by atoms with Crippen molar-refractivity contribution in [3.63, 3.8) is 0 Å². The first kappa shape index (κ1) is 41.0. The van der Waals surface area contributed by atoms with Crippen LogP contribution in [0.1, 0.15) is 20.7 Å². The van der Waals surface area contributed by atoms with E-state index in [1.807, 2.05) is 12.1 Å². The molecule has 0 unspecified atom stereocenters. The zero-order valence-corrected chi connectivity index (χ0v) is 33.2. The Morgan fingerprint density at radius 3 is 1.41 bits per heavy atom. The number of rotatable bonds is 9. The highest BCUT2D eigenvalue weighted by molar-refractivity contribution is 9.10. The number of nitrogens with one attached hydrogen (secondary N) is 4. The standard InChI is InChI=1S/C18H12BrN5O4S.C18H14BrN5O2S/c19-11-9-20-18(21-10-11)29-13-7-5-12(6-8-13)22-17(26)23-16(25)14-3-1-2-4-15(14)24(27)28;19-11-9-21-18(22-10-11)27-13-7-5-12(6-8-13)23-17(26)24-16(25)14-3-1-2-4-15(14)20/h1-10H,(H2,22,23,25,26);1-10H,20H2,(H2,23,24,25,26). The Hall–Kier alpha value is -6.22. The molecule has 6 N–H and O–H groups in total. The lowest BCUT2D eigenvalue weighted by Gasteiger charge is -2.08. The number of para-hydroxylation sites is 2. The third-order valence-electron chi connectivity index (χ3n) is 6.84. The monoisotopic (exact) mass is 916 g/mol. The maximum atomic E-state index is 12.2. The first-order valence-corrected chi connectivity index (χ1v) is 19.0. The van der Waals surface area contributed by atoms with Crippen molar-refractivity contribution in [1.82, 2.24) is 30.6 Å². The molecule has 6 amide bonds. The summed E-state index contributed by atoms with van der Waals surface area (Å²) >= 11 is 9.30. The third kappa shape index (κ3) is 12.4. The van der Waals surface area contributed by atoms with E-state index in [0.29, 0.717) is 27.4 Å². The number of nitro benzene ring substituents is 1. The molecule has 20 heteroatoms. The largest absolute Gasteiger partial charge is 0.398 e. The van der Waals surface area contributed by atoms with E-state index in [0.717, 1.165) is 18.7 Å². The molecule has 0 saturated heterocycles. The highest BCUT2D eigenvalue weighted by atomic mass is 79.9. The lowest BCUT2D eigenvalue weighted by Crippen LogP contribution is -2.34. The molecule has 0 bridgehead atoms. The number of hydrogen-bond acceptors (Lipinski definition) is 13. The number of carbonyl (C=O) groups is 4. The van der Waals surface area contributed by atoms with Gasteiger partial charge in [-0.2, -0.15) is 0 Å². The SMILES string of the molecule is Nc1ccccc1C(=O)NC(=O)Nc1ccc(Sc2ncc(Br)cn2)cc1.O=C(NC(=O)c1ccccc1[N+](=O)[O-])Nc1ccc(Sc2ncc(Br)cn2)cc1. The Morgan fingerprint density at radius 2 is 0.982 bits per heavy atom. The Bertz CT molecular complexity index is 2360. The fourth-order valence-corrected chi connectivity index (χ4v) is 6.12. The van der Waals surface area contributed by atoms with Crippen LogP contribution in [0.4, 0.5) is 32.3 Å². The summed E-state index contributed by atoms with van der Waals surface area (Å²) in [6, 6.07) is 24.4. The van der Waals surface area contributed by atoms with Gasteiger partial charge in [0.05, 0.1) is 19.4 Å². The number of anilines is 3. The summed E-state index contributed by atoms with van der Waals surface area (Å²) in [5, 5.41) is 21.6. The third-order valence-corrected chi connectivity index (χ3v) is 9.46. The second-order valence-corrected chi connectivity index (χ2v) is 14.7. The van der Waals surface area contributed by atoms with Crippen LogP contribution in [0.15, 0.2) is 151 Å². The zero-order valence-electron chi connectivity index (χ0n) is 28.4. The first-order chi connectivity index (χ1) is 26.9. The molecule has 4 aromatic carbocycles. The van der Waals surface area contributed by atoms with Crippen LogP contribution in [-0.4, -0.2) is 48.7 Å². The molecule has 0 fully saturated rings. The number of urea groups is 2. The number of benzene rings is 4. The highest BCUT2D eigenvalue weighted by Gasteiger charge is 2.21. The van der Waals surface area contributed by atoms with E-state index in [2.05, 4.69) is 73.1 Å². The maximum absolute atomic E-state index is 12.2. The molecule has 16 nitrogen and oxygen atoms in total. The van der Waals surface area contributed by atoms with Crippen LogP contribution >= 0.6 is 55.4 Å². The number of nitro groups is 1. The Labute approximate surface area is 343 Å². The maximum Gasteiger partial charge on any atom is 0.326 e. The molecule has 56 heavy (non-hydrogen) atoms. The summed E-state index contributed by atoms with van der Waals surface area (Å²) in [6.45, 7) is 0. The van der Waals surface area contributed by atoms with Gasteiger partial charge in [-0.3, -0.25) is 30.3 Å². The van der Waals surface area contributed by atoms with E-state index in [1.54, 1.807) is 85.5 Å². The fourth-order valence-electron chi connectivity index (χ4n) is 4.32. The number of nitrogens with zero attached hydrogens (tertiary/aromatic N) is 5. The second kappa shape index (κ2) is 19.9. The summed E-state index contributed by atoms with van der Waals surface area (Å²) in [6.07, 6.45) is 6.63. The molecule has 0 saturated carbocycles. The van der Waals surface area contributed by atoms with Crippen molar-refractivity contribution in [3.05, 3.63) is 152 Å². The predicted octanol–water partition coefficient (Wildman–Crippen LogP) is 8.19. The number of carbonyl (C=O) groups excluding carboxylic acids is 4. The number of nitrogen functional groups attached to an aromatic ring is 1. The van der Waals surface area contributed by atoms with E-state index in [4.69, 9.17) is 5.73 Å². The zero-order chi connectivity index (χ0) is 40.0. The highest BCUT2D eigenvalue weighted by Crippen LogP contribution is 2.27. The number of hydrogen-bond donors (Lipinski definition) is 5. The predicted molar refractivity (Wildman–Crippen MR) is 218 cm³/mol. The van der Waals surface area contributed by atoms with Crippen LogP contribution in [0.25, 0.3) is 0 Å². The van der Waals surface area contributed by atoms with Crippen molar-refractivity contribution in [3.8, 4) is 0 Å². The van der Waals surface area contributed by atoms with Gasteiger partial charge in [0.1, 0.15) is 5.56 Å². The van der Waals surface area contributed by atoms with Gasteiger partial charge in [0.2, 0.25) is 0 Å². The number of nitrogens with two attached hydrogens (primary N) is 1. The van der Waals surface area contributed by atoms with E-state index in [-0.39, 0.29) is 16.8 Å². The van der Waals surface area contributed by atoms with Gasteiger partial charge in [-0.15, -0.1) is 0 Å². The van der Waals surface area contributed by atoms with Crippen molar-refractivity contribution < 1.29 is 24.1 Å². The smallest absolute Gasteiger partial charge is 0.326 e. The van der Waals surface area contributed by atoms with Crippen LogP contribution in [-0.2, 0) is 0 Å². The van der Waals surface area contributed by atoms with Crippen LogP contribution in [0, 0.1) is 10.1 Å². The molecule has 2 aromatic heterocycles. The first-order valence-electron chi connectivity index (χ1n) is 15.8. The minimum Gasteiger partial charge on any atom is -0.398 e. The minimum absolute atomic E-state index is 0.200. The molecule has 0 aliphatic rings. The Balaban J connectivity index is 0.000000215. The summed E-state index contributed by atoms with van der Waals surface area (Å²) in [7, 11) is 0. The van der Waals surface area contributed by atoms with Crippen molar-refractivity contribution in [1.29, 1.82) is 0 Å². The summed E-state index contributed by atoms with van der Waals surface area (Å²) in [4.78, 5) is 77.1. The van der Waals surface area contributed by atoms with Gasteiger partial charge in [0.25, 0.3) is 17.5 Å². The average Bonchev–Trinajstić information content (AvgIpc) is 3.18. The van der Waals surface area contributed by atoms with Gasteiger partial charge in [-0.1, -0.05) is 24.3 Å². The van der Waals surface area contributed by atoms with E-state index < -0.39 is 28.8 Å². The topological polar surface area (TPSA) is 237 Å². The van der Waals surface area contributed by atoms with Crippen LogP contribution in [0.5, 0.6) is 0 Å². The molecule has 6 aromatic rings. The lowest BCUT2D eigenvalue weighted by molar-refractivity contribution is -0.385. The van der Waals surface area contributed by atoms with Gasteiger partial charge in [-0.05, 0) is 122 Å². The quantitative estimate of drug-likeness (QED) is 0.0398. The molecule has 2 heterocycles. The van der Waals surface area contributed by atoms with Gasteiger partial charge in [0, 0.05) is 57.7 Å². The minimum atomic E-state index is -0.866. The molecule has 6 rings (SSSR count). The van der Waals surface area contributed by atoms with Crippen molar-refractivity contribution in [2.45, 2.75) is 20.1 Å². The van der Waals surface area contributed by atoms with Crippen molar-refractivity contribution in [2.24, 2.45) is 0 Å². The van der Waals surface area contributed by atoms with Crippen LogP contribution in [0.3, 0.4) is 0 Å². The van der Waals surface area contributed by atoms with Gasteiger partial charge < -0.3 is 16.4 Å². The summed E-state index contributed by atoms with van der Waals surface area (Å²) in [5.41, 5.74) is 6.69. The molecule has 0 radical (unpaired) electrons. The molecule has 282 valence electrons.